The van der Waals surface area contributed by atoms with Crippen molar-refractivity contribution >= 4 is 17.4 Å². The Balaban J connectivity index is 1.25. The van der Waals surface area contributed by atoms with E-state index in [9.17, 15) is 4.79 Å². The maximum atomic E-state index is 12.9. The van der Waals surface area contributed by atoms with E-state index in [1.165, 1.54) is 0 Å². The van der Waals surface area contributed by atoms with Crippen molar-refractivity contribution in [2.24, 2.45) is 5.73 Å². The van der Waals surface area contributed by atoms with E-state index in [0.29, 0.717) is 18.8 Å². The Bertz CT molecular complexity index is 1390. The highest BCUT2D eigenvalue weighted by Crippen LogP contribution is 2.43. The minimum atomic E-state index is 0.277. The van der Waals surface area contributed by atoms with Crippen molar-refractivity contribution in [3.63, 3.8) is 0 Å². The van der Waals surface area contributed by atoms with E-state index in [-0.39, 0.29) is 23.9 Å². The van der Waals surface area contributed by atoms with Crippen LogP contribution in [0, 0.1) is 0 Å². The number of nitrogens with zero attached hydrogens (tertiary/aromatic N) is 5. The zero-order chi connectivity index (χ0) is 25.4. The average Bonchev–Trinajstić information content (AvgIpc) is 3.47. The second-order valence-corrected chi connectivity index (χ2v) is 10.3. The molecule has 5 heterocycles. The van der Waals surface area contributed by atoms with Gasteiger partial charge < -0.3 is 16.4 Å². The van der Waals surface area contributed by atoms with Gasteiger partial charge in [-0.25, -0.2) is 4.98 Å². The van der Waals surface area contributed by atoms with Crippen molar-refractivity contribution in [3.8, 4) is 22.4 Å². The van der Waals surface area contributed by atoms with Gasteiger partial charge in [-0.05, 0) is 51.1 Å². The lowest BCUT2D eigenvalue weighted by Gasteiger charge is -2.39. The Labute approximate surface area is 216 Å². The molecule has 1 aromatic carbocycles. The van der Waals surface area contributed by atoms with Gasteiger partial charge in [0.2, 0.25) is 5.91 Å². The van der Waals surface area contributed by atoms with Gasteiger partial charge in [0.05, 0.1) is 11.9 Å². The maximum Gasteiger partial charge on any atom is 0.223 e. The van der Waals surface area contributed by atoms with Crippen LogP contribution in [-0.2, 0) is 4.79 Å². The Hall–Kier alpha value is -3.78. The molecule has 2 saturated heterocycles. The number of carbonyl (C=O) groups excluding carboxylic acids is 1. The molecule has 4 N–H and O–H groups in total. The van der Waals surface area contributed by atoms with E-state index in [1.807, 2.05) is 42.7 Å². The van der Waals surface area contributed by atoms with Crippen LogP contribution in [0.2, 0.25) is 0 Å². The summed E-state index contributed by atoms with van der Waals surface area (Å²) < 4.78 is 1.70. The number of aromatic nitrogens is 4. The molecule has 2 unspecified atom stereocenters. The summed E-state index contributed by atoms with van der Waals surface area (Å²) in [5.41, 5.74) is 17.7. The fourth-order valence-electron chi connectivity index (χ4n) is 6.13. The fourth-order valence-corrected chi connectivity index (χ4v) is 6.13. The number of unbranched alkanes of at least 4 members (excludes halogenated alkanes) is 1. The second kappa shape index (κ2) is 9.94. The number of anilines is 1. The molecule has 1 amide bonds. The van der Waals surface area contributed by atoms with Gasteiger partial charge in [-0.15, -0.1) is 0 Å². The minimum Gasteiger partial charge on any atom is -0.384 e. The van der Waals surface area contributed by atoms with Crippen LogP contribution in [0.1, 0.15) is 56.6 Å². The summed E-state index contributed by atoms with van der Waals surface area (Å²) in [6.07, 6.45) is 10.1. The highest BCUT2D eigenvalue weighted by Gasteiger charge is 2.43. The number of piperidine rings is 1. The van der Waals surface area contributed by atoms with Crippen molar-refractivity contribution in [1.29, 1.82) is 0 Å². The highest BCUT2D eigenvalue weighted by molar-refractivity contribution is 5.79. The molecule has 4 aromatic rings. The summed E-state index contributed by atoms with van der Waals surface area (Å²) in [5, 5.41) is 4.51. The standard InChI is InChI=1S/C29H33N7O/c30-13-5-4-8-28(37)35-22-10-11-23(35)15-21(14-22)26-16-27(31)36-29(34-26)24(18-33-36)20-9-12-25(32-17-20)19-6-2-1-3-7-19/h1-3,6-7,9,12,16-18,21-23H,4-5,8,10-11,13-15,30-31H2. The molecule has 2 bridgehead atoms. The number of hydrogen-bond acceptors (Lipinski definition) is 6. The molecule has 2 fully saturated rings. The number of nitrogen functional groups attached to an aromatic ring is 1. The van der Waals surface area contributed by atoms with Gasteiger partial charge in [0.15, 0.2) is 5.65 Å². The second-order valence-electron chi connectivity index (χ2n) is 10.3. The first-order valence-electron chi connectivity index (χ1n) is 13.3. The number of rotatable bonds is 7. The van der Waals surface area contributed by atoms with Gasteiger partial charge in [0.25, 0.3) is 0 Å². The van der Waals surface area contributed by atoms with Crippen LogP contribution >= 0.6 is 0 Å². The lowest BCUT2D eigenvalue weighted by Crippen LogP contribution is -2.46. The Kier molecular flexibility index (Phi) is 6.34. The zero-order valence-electron chi connectivity index (χ0n) is 21.0. The third-order valence-electron chi connectivity index (χ3n) is 7.95. The molecule has 0 saturated carbocycles. The molecule has 0 aliphatic carbocycles. The predicted octanol–water partition coefficient (Wildman–Crippen LogP) is 4.41. The molecule has 2 aliphatic heterocycles. The number of fused-ring (bicyclic) bond motifs is 3. The molecule has 6 rings (SSSR count). The van der Waals surface area contributed by atoms with Crippen LogP contribution in [0.25, 0.3) is 28.0 Å². The molecule has 0 radical (unpaired) electrons. The van der Waals surface area contributed by atoms with Gasteiger partial charge >= 0.3 is 0 Å². The van der Waals surface area contributed by atoms with E-state index in [4.69, 9.17) is 16.5 Å². The number of benzene rings is 1. The average molecular weight is 496 g/mol. The molecule has 2 aliphatic rings. The van der Waals surface area contributed by atoms with Gasteiger partial charge in [-0.2, -0.15) is 9.61 Å². The lowest BCUT2D eigenvalue weighted by atomic mass is 9.87. The molecule has 8 nitrogen and oxygen atoms in total. The van der Waals surface area contributed by atoms with Gasteiger partial charge in [0.1, 0.15) is 5.82 Å². The molecule has 0 spiro atoms. The molecular formula is C29H33N7O. The summed E-state index contributed by atoms with van der Waals surface area (Å²) in [6, 6.07) is 16.8. The molecule has 37 heavy (non-hydrogen) atoms. The van der Waals surface area contributed by atoms with Gasteiger partial charge in [-0.1, -0.05) is 36.4 Å². The first-order chi connectivity index (χ1) is 18.1. The van der Waals surface area contributed by atoms with Crippen LogP contribution in [0.5, 0.6) is 0 Å². The first kappa shape index (κ1) is 23.6. The summed E-state index contributed by atoms with van der Waals surface area (Å²) in [4.78, 5) is 24.8. The van der Waals surface area contributed by atoms with Crippen molar-refractivity contribution in [1.82, 2.24) is 24.5 Å². The summed E-state index contributed by atoms with van der Waals surface area (Å²) >= 11 is 0. The maximum absolute atomic E-state index is 12.9. The minimum absolute atomic E-state index is 0.277. The topological polar surface area (TPSA) is 115 Å². The van der Waals surface area contributed by atoms with Crippen LogP contribution in [-0.4, -0.2) is 49.0 Å². The SMILES string of the molecule is NCCCCC(=O)N1C2CCC1CC(c1cc(N)n3ncc(-c4ccc(-c5ccccc5)nc4)c3n1)C2. The largest absolute Gasteiger partial charge is 0.384 e. The van der Waals surface area contributed by atoms with Crippen molar-refractivity contribution < 1.29 is 4.79 Å². The molecule has 2 atom stereocenters. The number of hydrogen-bond donors (Lipinski definition) is 2. The molecule has 3 aromatic heterocycles. The Morgan fingerprint density at radius 3 is 2.46 bits per heavy atom. The lowest BCUT2D eigenvalue weighted by molar-refractivity contribution is -0.135. The number of nitrogens with two attached hydrogens (primary N) is 2. The number of pyridine rings is 1. The van der Waals surface area contributed by atoms with Crippen molar-refractivity contribution in [3.05, 3.63) is 66.6 Å². The van der Waals surface area contributed by atoms with Crippen LogP contribution in [0.15, 0.2) is 60.9 Å². The highest BCUT2D eigenvalue weighted by atomic mass is 16.2. The third kappa shape index (κ3) is 4.46. The Morgan fingerprint density at radius 1 is 0.973 bits per heavy atom. The third-order valence-corrected chi connectivity index (χ3v) is 7.95. The van der Waals surface area contributed by atoms with E-state index >= 15 is 0 Å². The number of carbonyl (C=O) groups is 1. The Morgan fingerprint density at radius 2 is 1.76 bits per heavy atom. The number of amides is 1. The summed E-state index contributed by atoms with van der Waals surface area (Å²) in [7, 11) is 0. The van der Waals surface area contributed by atoms with E-state index in [2.05, 4.69) is 33.2 Å². The molecule has 8 heteroatoms. The van der Waals surface area contributed by atoms with Crippen molar-refractivity contribution in [2.45, 2.75) is 62.9 Å². The van der Waals surface area contributed by atoms with E-state index in [1.54, 1.807) is 4.52 Å². The summed E-state index contributed by atoms with van der Waals surface area (Å²) in [5.74, 6) is 1.14. The smallest absolute Gasteiger partial charge is 0.223 e. The van der Waals surface area contributed by atoms with Crippen LogP contribution in [0.3, 0.4) is 0 Å². The van der Waals surface area contributed by atoms with Crippen molar-refractivity contribution in [2.75, 3.05) is 12.3 Å². The van der Waals surface area contributed by atoms with Crippen LogP contribution < -0.4 is 11.5 Å². The monoisotopic (exact) mass is 495 g/mol. The zero-order valence-corrected chi connectivity index (χ0v) is 21.0. The van der Waals surface area contributed by atoms with E-state index in [0.717, 1.165) is 72.3 Å². The fraction of sp³-hybridized carbons (Fsp3) is 0.379. The van der Waals surface area contributed by atoms with Crippen LogP contribution in [0.4, 0.5) is 5.82 Å². The van der Waals surface area contributed by atoms with E-state index < -0.39 is 0 Å². The first-order valence-corrected chi connectivity index (χ1v) is 13.3. The summed E-state index contributed by atoms with van der Waals surface area (Å²) in [6.45, 7) is 0.640. The molecular weight excluding hydrogens is 462 g/mol. The van der Waals surface area contributed by atoms with Gasteiger partial charge in [0, 0.05) is 59.1 Å². The quantitative estimate of drug-likeness (QED) is 0.367. The predicted molar refractivity (Wildman–Crippen MR) is 145 cm³/mol. The molecule has 190 valence electrons. The van der Waals surface area contributed by atoms with Gasteiger partial charge in [-0.3, -0.25) is 9.78 Å². The normalized spacial score (nSPS) is 21.0.